The molecule has 0 unspecified atom stereocenters. The van der Waals surface area contributed by atoms with Crippen LogP contribution in [-0.2, 0) is 4.79 Å². The van der Waals surface area contributed by atoms with Crippen molar-refractivity contribution in [3.05, 3.63) is 0 Å². The summed E-state index contributed by atoms with van der Waals surface area (Å²) in [6, 6.07) is 0.570. The number of amides is 1. The fourth-order valence-corrected chi connectivity index (χ4v) is 2.45. The highest BCUT2D eigenvalue weighted by atomic mass is 32.1. The molecular weight excluding hydrogens is 172 g/mol. The molecule has 0 aromatic carbocycles. The first-order chi connectivity index (χ1) is 5.68. The summed E-state index contributed by atoms with van der Waals surface area (Å²) in [4.78, 5) is 13.6. The Morgan fingerprint density at radius 3 is 3.08 bits per heavy atom. The summed E-state index contributed by atoms with van der Waals surface area (Å²) < 4.78 is 0. The number of rotatable bonds is 0. The van der Waals surface area contributed by atoms with Gasteiger partial charge in [-0.25, -0.2) is 0 Å². The van der Waals surface area contributed by atoms with Crippen molar-refractivity contribution in [1.82, 2.24) is 10.2 Å². The Morgan fingerprint density at radius 2 is 2.42 bits per heavy atom. The number of nitrogens with zero attached hydrogens (tertiary/aromatic N) is 1. The number of fused-ring (bicyclic) bond motifs is 1. The van der Waals surface area contributed by atoms with Gasteiger partial charge in [0.15, 0.2) is 0 Å². The largest absolute Gasteiger partial charge is 0.353 e. The van der Waals surface area contributed by atoms with E-state index in [4.69, 9.17) is 0 Å². The number of nitrogens with one attached hydrogen (secondary N) is 1. The van der Waals surface area contributed by atoms with E-state index in [0.717, 1.165) is 19.5 Å². The first-order valence-corrected chi connectivity index (χ1v) is 4.91. The van der Waals surface area contributed by atoms with E-state index in [2.05, 4.69) is 29.8 Å². The summed E-state index contributed by atoms with van der Waals surface area (Å²) in [5.74, 6) is 0.185. The van der Waals surface area contributed by atoms with E-state index in [1.807, 2.05) is 0 Å². The second kappa shape index (κ2) is 2.92. The van der Waals surface area contributed by atoms with Gasteiger partial charge in [0, 0.05) is 24.4 Å². The summed E-state index contributed by atoms with van der Waals surface area (Å²) in [5, 5.41) is 3.29. The lowest BCUT2D eigenvalue weighted by Crippen LogP contribution is -2.56. The zero-order chi connectivity index (χ0) is 8.72. The molecule has 0 radical (unpaired) electrons. The lowest BCUT2D eigenvalue weighted by Gasteiger charge is -2.34. The molecule has 1 N–H and O–H groups in total. The van der Waals surface area contributed by atoms with Gasteiger partial charge in [0.05, 0.1) is 6.04 Å². The predicted molar refractivity (Wildman–Crippen MR) is 50.4 cm³/mol. The third kappa shape index (κ3) is 1.23. The van der Waals surface area contributed by atoms with E-state index in [-0.39, 0.29) is 11.9 Å². The molecule has 0 aromatic heterocycles. The number of hydrogen-bond acceptors (Lipinski definition) is 3. The van der Waals surface area contributed by atoms with Crippen LogP contribution in [0.2, 0.25) is 0 Å². The monoisotopic (exact) mass is 186 g/mol. The van der Waals surface area contributed by atoms with Crippen LogP contribution in [0.4, 0.5) is 0 Å². The molecule has 0 saturated carbocycles. The maximum atomic E-state index is 11.4. The Balaban J connectivity index is 2.14. The average Bonchev–Trinajstić information content (AvgIpc) is 2.41. The first-order valence-electron chi connectivity index (χ1n) is 4.40. The molecule has 3 atom stereocenters. The van der Waals surface area contributed by atoms with Gasteiger partial charge in [0.25, 0.3) is 0 Å². The number of piperazine rings is 1. The molecule has 2 saturated heterocycles. The third-order valence-corrected chi connectivity index (χ3v) is 3.13. The Hall–Kier alpha value is -0.220. The topological polar surface area (TPSA) is 32.3 Å². The maximum Gasteiger partial charge on any atom is 0.237 e. The van der Waals surface area contributed by atoms with Gasteiger partial charge >= 0.3 is 0 Å². The highest BCUT2D eigenvalue weighted by molar-refractivity contribution is 7.81. The second-order valence-corrected chi connectivity index (χ2v) is 4.43. The molecule has 2 heterocycles. The summed E-state index contributed by atoms with van der Waals surface area (Å²) in [6.07, 6.45) is 0.902. The number of thiol groups is 1. The van der Waals surface area contributed by atoms with E-state index in [0.29, 0.717) is 11.3 Å². The normalized spacial score (nSPS) is 42.5. The molecule has 2 rings (SSSR count). The van der Waals surface area contributed by atoms with Gasteiger partial charge in [0.2, 0.25) is 5.91 Å². The predicted octanol–water partition coefficient (Wildman–Crippen LogP) is -0.123. The van der Waals surface area contributed by atoms with Gasteiger partial charge < -0.3 is 5.32 Å². The molecule has 0 aliphatic carbocycles. The molecule has 12 heavy (non-hydrogen) atoms. The summed E-state index contributed by atoms with van der Waals surface area (Å²) in [7, 11) is 0. The standard InChI is InChI=1S/C8H14N2OS/c1-5-3-9-8(11)7-2-6(12)4-10(5)7/h5-7,12H,2-4H2,1H3,(H,9,11)/t5-,6+,7+/m1/s1. The minimum absolute atomic E-state index is 0.0937. The number of carbonyl (C=O) groups excluding carboxylic acids is 1. The van der Waals surface area contributed by atoms with Crippen LogP contribution in [0.25, 0.3) is 0 Å². The van der Waals surface area contributed by atoms with E-state index in [9.17, 15) is 4.79 Å². The van der Waals surface area contributed by atoms with Gasteiger partial charge in [-0.2, -0.15) is 12.6 Å². The van der Waals surface area contributed by atoms with E-state index in [1.165, 1.54) is 0 Å². The highest BCUT2D eigenvalue weighted by Crippen LogP contribution is 2.25. The Labute approximate surface area is 77.9 Å². The molecule has 2 aliphatic heterocycles. The molecule has 2 aliphatic rings. The van der Waals surface area contributed by atoms with Gasteiger partial charge in [-0.1, -0.05) is 0 Å². The molecule has 1 amide bonds. The lowest BCUT2D eigenvalue weighted by molar-refractivity contribution is -0.129. The lowest BCUT2D eigenvalue weighted by atomic mass is 10.1. The van der Waals surface area contributed by atoms with Gasteiger partial charge in [-0.15, -0.1) is 0 Å². The smallest absolute Gasteiger partial charge is 0.237 e. The van der Waals surface area contributed by atoms with Crippen LogP contribution in [0.1, 0.15) is 13.3 Å². The molecular formula is C8H14N2OS. The average molecular weight is 186 g/mol. The molecule has 0 aromatic rings. The Morgan fingerprint density at radius 1 is 1.67 bits per heavy atom. The Kier molecular flexibility index (Phi) is 2.04. The van der Waals surface area contributed by atoms with E-state index < -0.39 is 0 Å². The van der Waals surface area contributed by atoms with Crippen molar-refractivity contribution in [2.24, 2.45) is 0 Å². The zero-order valence-electron chi connectivity index (χ0n) is 7.16. The zero-order valence-corrected chi connectivity index (χ0v) is 8.05. The van der Waals surface area contributed by atoms with Gasteiger partial charge in [-0.3, -0.25) is 9.69 Å². The molecule has 68 valence electrons. The highest BCUT2D eigenvalue weighted by Gasteiger charge is 2.40. The van der Waals surface area contributed by atoms with Crippen molar-refractivity contribution in [2.75, 3.05) is 13.1 Å². The van der Waals surface area contributed by atoms with Crippen LogP contribution in [0.3, 0.4) is 0 Å². The fourth-order valence-electron chi connectivity index (χ4n) is 2.07. The van der Waals surface area contributed by atoms with E-state index >= 15 is 0 Å². The SMILES string of the molecule is C[C@@H]1CNC(=O)[C@@H]2C[C@H](S)CN12. The summed E-state index contributed by atoms with van der Waals surface area (Å²) in [6.45, 7) is 3.90. The maximum absolute atomic E-state index is 11.4. The number of carbonyl (C=O) groups is 1. The molecule has 0 bridgehead atoms. The quantitative estimate of drug-likeness (QED) is 0.517. The molecule has 2 fully saturated rings. The van der Waals surface area contributed by atoms with Crippen LogP contribution < -0.4 is 5.32 Å². The van der Waals surface area contributed by atoms with E-state index in [1.54, 1.807) is 0 Å². The minimum atomic E-state index is 0.0937. The second-order valence-electron chi connectivity index (χ2n) is 3.70. The first kappa shape index (κ1) is 8.38. The summed E-state index contributed by atoms with van der Waals surface area (Å²) >= 11 is 4.41. The number of hydrogen-bond donors (Lipinski definition) is 2. The van der Waals surface area contributed by atoms with Crippen LogP contribution in [-0.4, -0.2) is 41.2 Å². The van der Waals surface area contributed by atoms with Crippen molar-refractivity contribution in [3.63, 3.8) is 0 Å². The van der Waals surface area contributed by atoms with Crippen LogP contribution in [0, 0.1) is 0 Å². The van der Waals surface area contributed by atoms with Crippen molar-refractivity contribution in [1.29, 1.82) is 0 Å². The third-order valence-electron chi connectivity index (χ3n) is 2.76. The Bertz CT molecular complexity index is 209. The van der Waals surface area contributed by atoms with Gasteiger partial charge in [-0.05, 0) is 13.3 Å². The molecule has 3 nitrogen and oxygen atoms in total. The molecule has 0 spiro atoms. The fraction of sp³-hybridized carbons (Fsp3) is 0.875. The van der Waals surface area contributed by atoms with Crippen LogP contribution >= 0.6 is 12.6 Å². The van der Waals surface area contributed by atoms with Crippen LogP contribution in [0.5, 0.6) is 0 Å². The molecule has 4 heteroatoms. The van der Waals surface area contributed by atoms with Crippen molar-refractivity contribution in [2.45, 2.75) is 30.7 Å². The van der Waals surface area contributed by atoms with Gasteiger partial charge in [0.1, 0.15) is 0 Å². The summed E-state index contributed by atoms with van der Waals surface area (Å²) in [5.41, 5.74) is 0. The van der Waals surface area contributed by atoms with Crippen molar-refractivity contribution >= 4 is 18.5 Å². The van der Waals surface area contributed by atoms with Crippen molar-refractivity contribution in [3.8, 4) is 0 Å². The minimum Gasteiger partial charge on any atom is -0.353 e. The van der Waals surface area contributed by atoms with Crippen LogP contribution in [0.15, 0.2) is 0 Å². The van der Waals surface area contributed by atoms with Crippen molar-refractivity contribution < 1.29 is 4.79 Å².